The lowest BCUT2D eigenvalue weighted by atomic mass is 10.1. The minimum atomic E-state index is -4.40. The topological polar surface area (TPSA) is 21.3 Å². The van der Waals surface area contributed by atoms with Crippen LogP contribution < -0.4 is 5.32 Å². The number of nitrogens with one attached hydrogen (secondary N) is 1. The van der Waals surface area contributed by atoms with Crippen LogP contribution in [-0.4, -0.2) is 20.3 Å². The molecule has 0 saturated heterocycles. The molecule has 0 heterocycles. The molecule has 1 aromatic carbocycles. The number of unbranched alkanes of at least 4 members (excludes halogenated alkanes) is 1. The third-order valence-electron chi connectivity index (χ3n) is 2.40. The quantitative estimate of drug-likeness (QED) is 0.789. The fourth-order valence-electron chi connectivity index (χ4n) is 1.52. The number of para-hydroxylation sites is 1. The average Bonchev–Trinajstić information content (AvgIpc) is 2.29. The molecule has 2 nitrogen and oxygen atoms in total. The van der Waals surface area contributed by atoms with Crippen molar-refractivity contribution < 1.29 is 17.9 Å². The summed E-state index contributed by atoms with van der Waals surface area (Å²) in [5, 5.41) is 2.82. The van der Waals surface area contributed by atoms with Crippen molar-refractivity contribution in [1.82, 2.24) is 0 Å². The van der Waals surface area contributed by atoms with Crippen molar-refractivity contribution in [2.24, 2.45) is 0 Å². The van der Waals surface area contributed by atoms with Gasteiger partial charge in [0.2, 0.25) is 0 Å². The predicted octanol–water partition coefficient (Wildman–Crippen LogP) is 4.20. The van der Waals surface area contributed by atoms with Gasteiger partial charge in [-0.3, -0.25) is 0 Å². The molecule has 0 amide bonds. The van der Waals surface area contributed by atoms with Crippen LogP contribution in [0.25, 0.3) is 0 Å². The van der Waals surface area contributed by atoms with Gasteiger partial charge in [0, 0.05) is 20.3 Å². The molecule has 0 radical (unpaired) electrons. The summed E-state index contributed by atoms with van der Waals surface area (Å²) in [6.45, 7) is 1.02. The highest BCUT2D eigenvalue weighted by molar-refractivity contribution is 6.33. The van der Waals surface area contributed by atoms with Crippen molar-refractivity contribution >= 4 is 17.3 Å². The van der Waals surface area contributed by atoms with E-state index in [-0.39, 0.29) is 10.7 Å². The molecule has 1 N–H and O–H groups in total. The number of methoxy groups -OCH3 is 1. The van der Waals surface area contributed by atoms with E-state index in [1.807, 2.05) is 0 Å². The van der Waals surface area contributed by atoms with Gasteiger partial charge in [0.15, 0.2) is 0 Å². The molecule has 0 aromatic heterocycles. The number of alkyl halides is 3. The van der Waals surface area contributed by atoms with Gasteiger partial charge in [-0.1, -0.05) is 17.7 Å². The lowest BCUT2D eigenvalue weighted by Crippen LogP contribution is -2.12. The highest BCUT2D eigenvalue weighted by Crippen LogP contribution is 2.38. The smallest absolute Gasteiger partial charge is 0.385 e. The first-order valence-electron chi connectivity index (χ1n) is 5.55. The summed E-state index contributed by atoms with van der Waals surface area (Å²) < 4.78 is 43.1. The van der Waals surface area contributed by atoms with Crippen LogP contribution in [-0.2, 0) is 10.9 Å². The Morgan fingerprint density at radius 3 is 2.61 bits per heavy atom. The van der Waals surface area contributed by atoms with Crippen LogP contribution in [0.3, 0.4) is 0 Å². The molecule has 0 spiro atoms. The van der Waals surface area contributed by atoms with Crippen LogP contribution in [0.2, 0.25) is 5.02 Å². The molecular weight excluding hydrogens is 267 g/mol. The van der Waals surface area contributed by atoms with Gasteiger partial charge in [-0.25, -0.2) is 0 Å². The van der Waals surface area contributed by atoms with Crippen LogP contribution in [0.15, 0.2) is 18.2 Å². The second kappa shape index (κ2) is 6.85. The number of anilines is 1. The summed E-state index contributed by atoms with van der Waals surface area (Å²) in [5.74, 6) is 0. The Bertz CT molecular complexity index is 382. The fourth-order valence-corrected chi connectivity index (χ4v) is 1.77. The molecule has 0 aliphatic heterocycles. The van der Waals surface area contributed by atoms with Gasteiger partial charge in [-0.05, 0) is 25.0 Å². The monoisotopic (exact) mass is 281 g/mol. The molecule has 0 fully saturated rings. The van der Waals surface area contributed by atoms with Crippen LogP contribution >= 0.6 is 11.6 Å². The molecule has 0 unspecified atom stereocenters. The summed E-state index contributed by atoms with van der Waals surface area (Å²) in [6.07, 6.45) is -2.90. The first-order valence-corrected chi connectivity index (χ1v) is 5.93. The second-order valence-electron chi connectivity index (χ2n) is 3.79. The average molecular weight is 282 g/mol. The Balaban J connectivity index is 2.69. The maximum Gasteiger partial charge on any atom is 0.418 e. The zero-order valence-corrected chi connectivity index (χ0v) is 10.7. The summed E-state index contributed by atoms with van der Waals surface area (Å²) in [5.41, 5.74) is -0.786. The van der Waals surface area contributed by atoms with Crippen LogP contribution in [0.4, 0.5) is 18.9 Å². The number of benzene rings is 1. The lowest BCUT2D eigenvalue weighted by molar-refractivity contribution is -0.136. The maximum absolute atomic E-state index is 12.7. The first kappa shape index (κ1) is 15.1. The third kappa shape index (κ3) is 4.38. The van der Waals surface area contributed by atoms with E-state index in [9.17, 15) is 13.2 Å². The Morgan fingerprint density at radius 2 is 2.00 bits per heavy atom. The lowest BCUT2D eigenvalue weighted by Gasteiger charge is -2.15. The number of hydrogen-bond acceptors (Lipinski definition) is 2. The molecular formula is C12H15ClF3NO. The van der Waals surface area contributed by atoms with Crippen molar-refractivity contribution in [3.05, 3.63) is 28.8 Å². The van der Waals surface area contributed by atoms with E-state index in [0.29, 0.717) is 13.2 Å². The Labute approximate surface area is 109 Å². The van der Waals surface area contributed by atoms with Crippen LogP contribution in [0.1, 0.15) is 18.4 Å². The van der Waals surface area contributed by atoms with Crippen LogP contribution in [0.5, 0.6) is 0 Å². The summed E-state index contributed by atoms with van der Waals surface area (Å²) in [7, 11) is 1.59. The summed E-state index contributed by atoms with van der Waals surface area (Å²) in [6, 6.07) is 3.75. The maximum atomic E-state index is 12.7. The first-order chi connectivity index (χ1) is 8.46. The van der Waals surface area contributed by atoms with Gasteiger partial charge in [-0.2, -0.15) is 13.2 Å². The van der Waals surface area contributed by atoms with E-state index in [0.717, 1.165) is 18.9 Å². The van der Waals surface area contributed by atoms with Gasteiger partial charge >= 0.3 is 6.18 Å². The molecule has 18 heavy (non-hydrogen) atoms. The fraction of sp³-hybridized carbons (Fsp3) is 0.500. The van der Waals surface area contributed by atoms with Gasteiger partial charge < -0.3 is 10.1 Å². The van der Waals surface area contributed by atoms with Crippen molar-refractivity contribution in [3.63, 3.8) is 0 Å². The van der Waals surface area contributed by atoms with Crippen molar-refractivity contribution in [3.8, 4) is 0 Å². The molecule has 0 aliphatic carbocycles. The van der Waals surface area contributed by atoms with Gasteiger partial charge in [0.05, 0.1) is 16.3 Å². The zero-order chi connectivity index (χ0) is 13.6. The van der Waals surface area contributed by atoms with Crippen molar-refractivity contribution in [2.75, 3.05) is 25.6 Å². The normalized spacial score (nSPS) is 11.6. The minimum Gasteiger partial charge on any atom is -0.385 e. The van der Waals surface area contributed by atoms with E-state index < -0.39 is 11.7 Å². The largest absolute Gasteiger partial charge is 0.418 e. The van der Waals surface area contributed by atoms with E-state index in [1.165, 1.54) is 12.1 Å². The summed E-state index contributed by atoms with van der Waals surface area (Å²) >= 11 is 5.79. The van der Waals surface area contributed by atoms with E-state index in [4.69, 9.17) is 16.3 Å². The van der Waals surface area contributed by atoms with Gasteiger partial charge in [0.25, 0.3) is 0 Å². The predicted molar refractivity (Wildman–Crippen MR) is 66.1 cm³/mol. The zero-order valence-electron chi connectivity index (χ0n) is 9.98. The van der Waals surface area contributed by atoms with Crippen molar-refractivity contribution in [2.45, 2.75) is 19.0 Å². The minimum absolute atomic E-state index is 0.0518. The van der Waals surface area contributed by atoms with Crippen LogP contribution in [0, 0.1) is 0 Å². The van der Waals surface area contributed by atoms with Gasteiger partial charge in [-0.15, -0.1) is 0 Å². The standard InChI is InChI=1S/C12H15ClF3NO/c1-18-8-3-2-7-17-11-9(12(14,15)16)5-4-6-10(11)13/h4-6,17H,2-3,7-8H2,1H3. The molecule has 0 aliphatic rings. The van der Waals surface area contributed by atoms with E-state index >= 15 is 0 Å². The highest BCUT2D eigenvalue weighted by Gasteiger charge is 2.34. The molecule has 6 heteroatoms. The molecule has 0 bridgehead atoms. The molecule has 0 atom stereocenters. The Morgan fingerprint density at radius 1 is 1.28 bits per heavy atom. The Kier molecular flexibility index (Phi) is 5.75. The number of rotatable bonds is 6. The number of ether oxygens (including phenoxy) is 1. The Hall–Kier alpha value is -0.940. The summed E-state index contributed by atoms with van der Waals surface area (Å²) in [4.78, 5) is 0. The molecule has 1 rings (SSSR count). The molecule has 0 saturated carbocycles. The SMILES string of the molecule is COCCCCNc1c(Cl)cccc1C(F)(F)F. The number of hydrogen-bond donors (Lipinski definition) is 1. The van der Waals surface area contributed by atoms with E-state index in [2.05, 4.69) is 5.32 Å². The van der Waals surface area contributed by atoms with Gasteiger partial charge in [0.1, 0.15) is 0 Å². The second-order valence-corrected chi connectivity index (χ2v) is 4.19. The van der Waals surface area contributed by atoms with Crippen molar-refractivity contribution in [1.29, 1.82) is 0 Å². The van der Waals surface area contributed by atoms with E-state index in [1.54, 1.807) is 7.11 Å². The molecule has 1 aromatic rings. The highest BCUT2D eigenvalue weighted by atomic mass is 35.5. The molecule has 102 valence electrons. The number of halogens is 4. The third-order valence-corrected chi connectivity index (χ3v) is 2.71.